The minimum atomic E-state index is 0.551. The fourth-order valence-corrected chi connectivity index (χ4v) is 6.57. The summed E-state index contributed by atoms with van der Waals surface area (Å²) in [6.07, 6.45) is 9.98. The van der Waals surface area contributed by atoms with E-state index in [1.165, 1.54) is 44.2 Å². The summed E-state index contributed by atoms with van der Waals surface area (Å²) < 4.78 is 5.37. The summed E-state index contributed by atoms with van der Waals surface area (Å²) in [6.45, 7) is 7.75. The Labute approximate surface area is 163 Å². The van der Waals surface area contributed by atoms with Crippen molar-refractivity contribution < 1.29 is 4.74 Å². The van der Waals surface area contributed by atoms with Gasteiger partial charge in [-0.1, -0.05) is 0 Å². The second-order valence-electron chi connectivity index (χ2n) is 9.26. The number of hydrogen-bond donors (Lipinski definition) is 2. The maximum absolute atomic E-state index is 5.38. The highest BCUT2D eigenvalue weighted by Gasteiger charge is 2.50. The van der Waals surface area contributed by atoms with Gasteiger partial charge in [0.1, 0.15) is 0 Å². The van der Waals surface area contributed by atoms with Crippen LogP contribution in [0, 0.1) is 23.2 Å². The van der Waals surface area contributed by atoms with Crippen LogP contribution in [0.4, 0.5) is 0 Å². The third kappa shape index (κ3) is 4.57. The molecule has 1 saturated heterocycles. The first-order valence-electron chi connectivity index (χ1n) is 10.5. The first-order valence-corrected chi connectivity index (χ1v) is 10.9. The summed E-state index contributed by atoms with van der Waals surface area (Å²) in [5, 5.41) is 8.51. The quantitative estimate of drug-likeness (QED) is 0.423. The van der Waals surface area contributed by atoms with Crippen LogP contribution in [-0.4, -0.2) is 55.1 Å². The smallest absolute Gasteiger partial charge is 0.186 e. The summed E-state index contributed by atoms with van der Waals surface area (Å²) >= 11 is 5.38. The highest BCUT2D eigenvalue weighted by molar-refractivity contribution is 7.80. The predicted molar refractivity (Wildman–Crippen MR) is 109 cm³/mol. The zero-order chi connectivity index (χ0) is 18.0. The largest absolute Gasteiger partial charge is 0.379 e. The molecule has 4 bridgehead atoms. The van der Waals surface area contributed by atoms with Gasteiger partial charge in [-0.05, 0) is 87.3 Å². The van der Waals surface area contributed by atoms with E-state index < -0.39 is 0 Å². The van der Waals surface area contributed by atoms with E-state index in [0.29, 0.717) is 10.5 Å². The van der Waals surface area contributed by atoms with Crippen LogP contribution >= 0.6 is 12.2 Å². The van der Waals surface area contributed by atoms with Crippen molar-refractivity contribution in [2.45, 2.75) is 51.9 Å². The molecule has 5 rings (SSSR count). The molecule has 1 heterocycles. The molecule has 0 amide bonds. The molecule has 5 nitrogen and oxygen atoms in total. The molecule has 0 spiro atoms. The Balaban J connectivity index is 1.19. The molecular weight excluding hydrogens is 344 g/mol. The van der Waals surface area contributed by atoms with Crippen molar-refractivity contribution in [1.29, 1.82) is 0 Å². The molecule has 4 aliphatic carbocycles. The Bertz CT molecular complexity index is 509. The van der Waals surface area contributed by atoms with Gasteiger partial charge >= 0.3 is 0 Å². The zero-order valence-corrected chi connectivity index (χ0v) is 17.0. The highest BCUT2D eigenvalue weighted by Crippen LogP contribution is 2.61. The molecule has 5 fully saturated rings. The second kappa shape index (κ2) is 8.11. The third-order valence-electron chi connectivity index (χ3n) is 6.96. The molecule has 5 aliphatic rings. The minimum Gasteiger partial charge on any atom is -0.379 e. The summed E-state index contributed by atoms with van der Waals surface area (Å²) in [5.41, 5.74) is 4.83. The number of rotatable bonds is 6. The molecule has 26 heavy (non-hydrogen) atoms. The van der Waals surface area contributed by atoms with Crippen LogP contribution < -0.4 is 10.7 Å². The molecule has 0 atom stereocenters. The van der Waals surface area contributed by atoms with Crippen molar-refractivity contribution in [2.75, 3.05) is 39.4 Å². The van der Waals surface area contributed by atoms with Gasteiger partial charge in [-0.25, -0.2) is 0 Å². The van der Waals surface area contributed by atoms with Gasteiger partial charge in [0.05, 0.1) is 13.2 Å². The van der Waals surface area contributed by atoms with Gasteiger partial charge in [-0.2, -0.15) is 5.10 Å². The normalized spacial score (nSPS) is 37.0. The number of thiocarbonyl (C=S) groups is 1. The molecule has 146 valence electrons. The van der Waals surface area contributed by atoms with Crippen molar-refractivity contribution in [1.82, 2.24) is 15.6 Å². The summed E-state index contributed by atoms with van der Waals surface area (Å²) in [4.78, 5) is 2.40. The van der Waals surface area contributed by atoms with E-state index in [2.05, 4.69) is 27.7 Å². The minimum absolute atomic E-state index is 0.551. The van der Waals surface area contributed by atoms with Crippen LogP contribution in [0.1, 0.15) is 51.9 Å². The van der Waals surface area contributed by atoms with Crippen LogP contribution in [0.2, 0.25) is 0 Å². The Morgan fingerprint density at radius 3 is 2.35 bits per heavy atom. The predicted octanol–water partition coefficient (Wildman–Crippen LogP) is 2.77. The van der Waals surface area contributed by atoms with Gasteiger partial charge in [0.25, 0.3) is 0 Å². The van der Waals surface area contributed by atoms with Crippen molar-refractivity contribution >= 4 is 23.0 Å². The van der Waals surface area contributed by atoms with Crippen molar-refractivity contribution in [3.8, 4) is 0 Å². The van der Waals surface area contributed by atoms with Crippen molar-refractivity contribution in [3.63, 3.8) is 0 Å². The zero-order valence-electron chi connectivity index (χ0n) is 16.1. The lowest BCUT2D eigenvalue weighted by atomic mass is 9.48. The monoisotopic (exact) mass is 378 g/mol. The summed E-state index contributed by atoms with van der Waals surface area (Å²) in [7, 11) is 0. The van der Waals surface area contributed by atoms with E-state index in [1.54, 1.807) is 0 Å². The van der Waals surface area contributed by atoms with E-state index in [1.807, 2.05) is 0 Å². The SMILES string of the molecule is C/C(CC12CC3CC(CC(C3)C1)C2)=N/NC(=S)NCCN1CCOCC1. The van der Waals surface area contributed by atoms with Gasteiger partial charge in [0.2, 0.25) is 0 Å². The number of morpholine rings is 1. The molecule has 0 aromatic heterocycles. The van der Waals surface area contributed by atoms with E-state index in [9.17, 15) is 0 Å². The molecular formula is C20H34N4OS. The van der Waals surface area contributed by atoms with E-state index in [0.717, 1.165) is 63.6 Å². The van der Waals surface area contributed by atoms with Gasteiger partial charge in [-0.3, -0.25) is 10.3 Å². The average molecular weight is 379 g/mol. The lowest BCUT2D eigenvalue weighted by Gasteiger charge is -2.57. The fraction of sp³-hybridized carbons (Fsp3) is 0.900. The van der Waals surface area contributed by atoms with E-state index >= 15 is 0 Å². The molecule has 6 heteroatoms. The van der Waals surface area contributed by atoms with E-state index in [-0.39, 0.29) is 0 Å². The van der Waals surface area contributed by atoms with Gasteiger partial charge in [0, 0.05) is 31.9 Å². The number of ether oxygens (including phenoxy) is 1. The van der Waals surface area contributed by atoms with Crippen LogP contribution in [0.3, 0.4) is 0 Å². The molecule has 0 radical (unpaired) electrons. The lowest BCUT2D eigenvalue weighted by molar-refractivity contribution is -0.0482. The van der Waals surface area contributed by atoms with Crippen LogP contribution in [0.5, 0.6) is 0 Å². The molecule has 1 aliphatic heterocycles. The maximum atomic E-state index is 5.38. The number of nitrogens with zero attached hydrogens (tertiary/aromatic N) is 2. The van der Waals surface area contributed by atoms with Crippen LogP contribution in [-0.2, 0) is 4.74 Å². The third-order valence-corrected chi connectivity index (χ3v) is 7.20. The van der Waals surface area contributed by atoms with E-state index in [4.69, 9.17) is 17.0 Å². The summed E-state index contributed by atoms with van der Waals surface area (Å²) in [6, 6.07) is 0. The Hall–Kier alpha value is -0.720. The topological polar surface area (TPSA) is 48.9 Å². The second-order valence-corrected chi connectivity index (χ2v) is 9.67. The van der Waals surface area contributed by atoms with Gasteiger partial charge < -0.3 is 10.1 Å². The highest BCUT2D eigenvalue weighted by atomic mass is 32.1. The average Bonchev–Trinajstić information content (AvgIpc) is 2.59. The van der Waals surface area contributed by atoms with Gasteiger partial charge in [-0.15, -0.1) is 0 Å². The number of hydrogen-bond acceptors (Lipinski definition) is 4. The first kappa shape index (κ1) is 18.6. The molecule has 0 aromatic rings. The van der Waals surface area contributed by atoms with Crippen LogP contribution in [0.25, 0.3) is 0 Å². The first-order chi connectivity index (χ1) is 12.6. The fourth-order valence-electron chi connectivity index (χ4n) is 6.43. The standard InChI is InChI=1S/C20H34N4OS/c1-15(11-20-12-16-8-17(13-20)10-18(9-16)14-20)22-23-19(26)21-2-3-24-4-6-25-7-5-24/h16-18H,2-14H2,1H3,(H2,21,23,26)/b22-15-. The molecule has 4 saturated carbocycles. The number of nitrogens with one attached hydrogen (secondary N) is 2. The molecule has 0 unspecified atom stereocenters. The lowest BCUT2D eigenvalue weighted by Crippen LogP contribution is -2.47. The van der Waals surface area contributed by atoms with Gasteiger partial charge in [0.15, 0.2) is 5.11 Å². The Morgan fingerprint density at radius 2 is 1.73 bits per heavy atom. The van der Waals surface area contributed by atoms with Crippen LogP contribution in [0.15, 0.2) is 5.10 Å². The van der Waals surface area contributed by atoms with Crippen molar-refractivity contribution in [2.24, 2.45) is 28.3 Å². The number of hydrazone groups is 1. The Kier molecular flexibility index (Phi) is 5.81. The van der Waals surface area contributed by atoms with Crippen molar-refractivity contribution in [3.05, 3.63) is 0 Å². The summed E-state index contributed by atoms with van der Waals surface area (Å²) in [5.74, 6) is 3.01. The molecule has 2 N–H and O–H groups in total. The maximum Gasteiger partial charge on any atom is 0.186 e. The Morgan fingerprint density at radius 1 is 1.12 bits per heavy atom. The molecule has 0 aromatic carbocycles.